The highest BCUT2D eigenvalue weighted by Crippen LogP contribution is 2.30. The normalized spacial score (nSPS) is 12.2. The Balaban J connectivity index is 2.17. The van der Waals surface area contributed by atoms with Gasteiger partial charge in [-0.1, -0.05) is 50.6 Å². The average Bonchev–Trinajstić information content (AvgIpc) is 2.49. The van der Waals surface area contributed by atoms with Gasteiger partial charge in [-0.15, -0.1) is 0 Å². The minimum Gasteiger partial charge on any atom is -0.457 e. The number of aliphatic hydroxyl groups excluding tert-OH is 1. The second-order valence-electron chi connectivity index (χ2n) is 4.96. The first kappa shape index (κ1) is 14.6. The average molecular weight is 270 g/mol. The molecule has 0 fully saturated rings. The molecule has 0 heterocycles. The zero-order chi connectivity index (χ0) is 14.4. The van der Waals surface area contributed by atoms with Crippen LogP contribution < -0.4 is 4.74 Å². The highest BCUT2D eigenvalue weighted by atomic mass is 16.5. The van der Waals surface area contributed by atoms with Gasteiger partial charge in [0.2, 0.25) is 0 Å². The summed E-state index contributed by atoms with van der Waals surface area (Å²) in [5.41, 5.74) is 2.16. The Bertz CT molecular complexity index is 531. The molecule has 2 aromatic rings. The molecule has 0 aliphatic heterocycles. The van der Waals surface area contributed by atoms with E-state index in [1.165, 1.54) is 5.56 Å². The minimum atomic E-state index is -0.481. The molecule has 0 saturated carbocycles. The van der Waals surface area contributed by atoms with Crippen molar-refractivity contribution < 1.29 is 9.84 Å². The molecular formula is C18H22O2. The van der Waals surface area contributed by atoms with E-state index < -0.39 is 6.10 Å². The number of benzene rings is 2. The molecule has 2 aromatic carbocycles. The molecule has 0 aliphatic rings. The van der Waals surface area contributed by atoms with E-state index in [4.69, 9.17) is 4.74 Å². The van der Waals surface area contributed by atoms with E-state index in [1.54, 1.807) is 0 Å². The van der Waals surface area contributed by atoms with Crippen LogP contribution in [0.3, 0.4) is 0 Å². The van der Waals surface area contributed by atoms with Crippen LogP contribution in [0, 0.1) is 0 Å². The van der Waals surface area contributed by atoms with Gasteiger partial charge < -0.3 is 9.84 Å². The van der Waals surface area contributed by atoms with Crippen molar-refractivity contribution in [3.05, 3.63) is 59.7 Å². The van der Waals surface area contributed by atoms with Crippen LogP contribution in [0.1, 0.15) is 43.9 Å². The number of aliphatic hydroxyl groups is 1. The molecule has 106 valence electrons. The molecule has 0 saturated heterocycles. The van der Waals surface area contributed by atoms with Gasteiger partial charge in [-0.3, -0.25) is 0 Å². The zero-order valence-electron chi connectivity index (χ0n) is 12.2. The lowest BCUT2D eigenvalue weighted by Crippen LogP contribution is -1.98. The number of rotatable bonds is 6. The predicted molar refractivity (Wildman–Crippen MR) is 82.2 cm³/mol. The number of hydrogen-bond acceptors (Lipinski definition) is 2. The molecule has 0 aromatic heterocycles. The second kappa shape index (κ2) is 7.11. The lowest BCUT2D eigenvalue weighted by Gasteiger charge is -2.14. The van der Waals surface area contributed by atoms with Crippen LogP contribution in [-0.4, -0.2) is 5.11 Å². The first-order valence-electron chi connectivity index (χ1n) is 7.28. The van der Waals surface area contributed by atoms with Gasteiger partial charge in [-0.05, 0) is 36.6 Å². The first-order chi connectivity index (χ1) is 9.74. The Morgan fingerprint density at radius 3 is 2.35 bits per heavy atom. The molecule has 1 atom stereocenters. The van der Waals surface area contributed by atoms with Crippen molar-refractivity contribution in [3.8, 4) is 11.5 Å². The van der Waals surface area contributed by atoms with Crippen molar-refractivity contribution in [2.45, 2.75) is 39.2 Å². The first-order valence-corrected chi connectivity index (χ1v) is 7.28. The van der Waals surface area contributed by atoms with Gasteiger partial charge >= 0.3 is 0 Å². The molecule has 0 spiro atoms. The summed E-state index contributed by atoms with van der Waals surface area (Å²) in [4.78, 5) is 0. The van der Waals surface area contributed by atoms with E-state index in [1.807, 2.05) is 43.3 Å². The quantitative estimate of drug-likeness (QED) is 0.811. The van der Waals surface area contributed by atoms with E-state index in [-0.39, 0.29) is 0 Å². The van der Waals surface area contributed by atoms with Gasteiger partial charge in [0.25, 0.3) is 0 Å². The third kappa shape index (κ3) is 3.61. The molecule has 0 aliphatic carbocycles. The fourth-order valence-corrected chi connectivity index (χ4v) is 2.21. The number of hydrogen-bond donors (Lipinski definition) is 1. The summed E-state index contributed by atoms with van der Waals surface area (Å²) in [6, 6.07) is 15.8. The summed E-state index contributed by atoms with van der Waals surface area (Å²) in [5, 5.41) is 10.0. The van der Waals surface area contributed by atoms with E-state index in [0.717, 1.165) is 29.9 Å². The Labute approximate surface area is 121 Å². The van der Waals surface area contributed by atoms with Crippen LogP contribution in [0.4, 0.5) is 0 Å². The second-order valence-corrected chi connectivity index (χ2v) is 4.96. The Morgan fingerprint density at radius 2 is 1.70 bits per heavy atom. The highest BCUT2D eigenvalue weighted by molar-refractivity contribution is 5.39. The lowest BCUT2D eigenvalue weighted by molar-refractivity contribution is 0.170. The Morgan fingerprint density at radius 1 is 1.00 bits per heavy atom. The smallest absolute Gasteiger partial charge is 0.133 e. The van der Waals surface area contributed by atoms with Crippen LogP contribution in [0.2, 0.25) is 0 Å². The maximum atomic E-state index is 10.0. The molecule has 2 heteroatoms. The zero-order valence-corrected chi connectivity index (χ0v) is 12.2. The van der Waals surface area contributed by atoms with E-state index in [0.29, 0.717) is 6.42 Å². The van der Waals surface area contributed by atoms with Gasteiger partial charge in [0.05, 0.1) is 6.10 Å². The maximum Gasteiger partial charge on any atom is 0.133 e. The van der Waals surface area contributed by atoms with Crippen LogP contribution in [0.5, 0.6) is 11.5 Å². The van der Waals surface area contributed by atoms with Gasteiger partial charge in [0, 0.05) is 5.56 Å². The molecular weight excluding hydrogens is 248 g/mol. The van der Waals surface area contributed by atoms with Crippen molar-refractivity contribution in [1.82, 2.24) is 0 Å². The van der Waals surface area contributed by atoms with Crippen molar-refractivity contribution >= 4 is 0 Å². The van der Waals surface area contributed by atoms with Crippen molar-refractivity contribution in [3.63, 3.8) is 0 Å². The summed E-state index contributed by atoms with van der Waals surface area (Å²) >= 11 is 0. The van der Waals surface area contributed by atoms with Crippen molar-refractivity contribution in [1.29, 1.82) is 0 Å². The predicted octanol–water partition coefficient (Wildman–Crippen LogP) is 4.87. The number of ether oxygens (including phenoxy) is 1. The lowest BCUT2D eigenvalue weighted by atomic mass is 10.1. The summed E-state index contributed by atoms with van der Waals surface area (Å²) in [6.45, 7) is 4.13. The summed E-state index contributed by atoms with van der Waals surface area (Å²) in [6.07, 6.45) is 2.43. The van der Waals surface area contributed by atoms with Gasteiger partial charge in [-0.25, -0.2) is 0 Å². The molecule has 1 N–H and O–H groups in total. The number of para-hydroxylation sites is 1. The molecule has 0 amide bonds. The van der Waals surface area contributed by atoms with Gasteiger partial charge in [0.1, 0.15) is 11.5 Å². The van der Waals surface area contributed by atoms with Crippen LogP contribution in [-0.2, 0) is 6.42 Å². The summed E-state index contributed by atoms with van der Waals surface area (Å²) in [5.74, 6) is 1.53. The topological polar surface area (TPSA) is 29.5 Å². The van der Waals surface area contributed by atoms with E-state index >= 15 is 0 Å². The molecule has 0 unspecified atom stereocenters. The Kier molecular flexibility index (Phi) is 5.19. The van der Waals surface area contributed by atoms with Crippen molar-refractivity contribution in [2.75, 3.05) is 0 Å². The van der Waals surface area contributed by atoms with E-state index in [2.05, 4.69) is 19.1 Å². The molecule has 2 rings (SSSR count). The van der Waals surface area contributed by atoms with Gasteiger partial charge in [-0.2, -0.15) is 0 Å². The fourth-order valence-electron chi connectivity index (χ4n) is 2.21. The maximum absolute atomic E-state index is 10.0. The molecule has 2 nitrogen and oxygen atoms in total. The van der Waals surface area contributed by atoms with Crippen LogP contribution in [0.15, 0.2) is 48.5 Å². The largest absolute Gasteiger partial charge is 0.457 e. The monoisotopic (exact) mass is 270 g/mol. The van der Waals surface area contributed by atoms with Crippen LogP contribution >= 0.6 is 0 Å². The Hall–Kier alpha value is -1.80. The third-order valence-electron chi connectivity index (χ3n) is 3.35. The SMILES string of the molecule is CCCc1ccc(Oc2ccccc2[C@H](O)CC)cc1. The van der Waals surface area contributed by atoms with Crippen molar-refractivity contribution in [2.24, 2.45) is 0 Å². The third-order valence-corrected chi connectivity index (χ3v) is 3.35. The fraction of sp³-hybridized carbons (Fsp3) is 0.333. The molecule has 20 heavy (non-hydrogen) atoms. The molecule has 0 bridgehead atoms. The summed E-state index contributed by atoms with van der Waals surface area (Å²) < 4.78 is 5.91. The number of aryl methyl sites for hydroxylation is 1. The highest BCUT2D eigenvalue weighted by Gasteiger charge is 2.11. The van der Waals surface area contributed by atoms with Crippen LogP contribution in [0.25, 0.3) is 0 Å². The minimum absolute atomic E-state index is 0.481. The van der Waals surface area contributed by atoms with Gasteiger partial charge in [0.15, 0.2) is 0 Å². The standard InChI is InChI=1S/C18H22O2/c1-3-7-14-10-12-15(13-11-14)20-18-9-6-5-8-16(18)17(19)4-2/h5-6,8-13,17,19H,3-4,7H2,1-2H3/t17-/m1/s1. The van der Waals surface area contributed by atoms with E-state index in [9.17, 15) is 5.11 Å². The molecule has 0 radical (unpaired) electrons. The summed E-state index contributed by atoms with van der Waals surface area (Å²) in [7, 11) is 0.